The second kappa shape index (κ2) is 6.31. The lowest BCUT2D eigenvalue weighted by molar-refractivity contribution is 0.194. The molecule has 0 spiro atoms. The van der Waals surface area contributed by atoms with Crippen LogP contribution in [0.1, 0.15) is 22.3 Å². The number of carboxylic acid groups (broad SMARTS) is 1. The highest BCUT2D eigenvalue weighted by Crippen LogP contribution is 2.34. The van der Waals surface area contributed by atoms with Crippen molar-refractivity contribution >= 4 is 6.09 Å². The summed E-state index contributed by atoms with van der Waals surface area (Å²) in [4.78, 5) is 12.4. The van der Waals surface area contributed by atoms with E-state index in [2.05, 4.69) is 17.6 Å². The molecule has 1 aliphatic heterocycles. The molecule has 0 saturated carbocycles. The summed E-state index contributed by atoms with van der Waals surface area (Å²) >= 11 is 0. The van der Waals surface area contributed by atoms with Gasteiger partial charge in [0.15, 0.2) is 6.19 Å². The molecule has 1 amide bonds. The van der Waals surface area contributed by atoms with Gasteiger partial charge in [0.05, 0.1) is 24.7 Å². The molecule has 2 aromatic carbocycles. The third-order valence-corrected chi connectivity index (χ3v) is 4.02. The van der Waals surface area contributed by atoms with Crippen LogP contribution in [0.15, 0.2) is 36.4 Å². The van der Waals surface area contributed by atoms with Crippen LogP contribution in [-0.4, -0.2) is 16.1 Å². The molecular weight excluding hydrogens is 304 g/mol. The van der Waals surface area contributed by atoms with Gasteiger partial charge < -0.3 is 15.3 Å². The number of hydrogen-bond donors (Lipinski definition) is 2. The number of carbonyl (C=O) groups is 1. The number of amides is 1. The number of hydrogen-bond acceptors (Lipinski definition) is 4. The molecule has 0 saturated heterocycles. The summed E-state index contributed by atoms with van der Waals surface area (Å²) in [5.74, 6) is 0. The summed E-state index contributed by atoms with van der Waals surface area (Å²) in [6, 6.07) is 13.2. The standard InChI is InChI=1S/C18H14N4O2/c19-7-12-1-3-14(4-2-12)16-6-13(8-21-18(23)24)5-15-9-22(11-20)10-17(15)16/h1-6,21H,8-10H2,(H,23,24). The Morgan fingerprint density at radius 1 is 1.21 bits per heavy atom. The van der Waals surface area contributed by atoms with Crippen molar-refractivity contribution in [2.45, 2.75) is 19.6 Å². The van der Waals surface area contributed by atoms with E-state index in [1.54, 1.807) is 17.0 Å². The normalized spacial score (nSPS) is 12.2. The third kappa shape index (κ3) is 2.99. The van der Waals surface area contributed by atoms with Crippen LogP contribution in [0.3, 0.4) is 0 Å². The van der Waals surface area contributed by atoms with Crippen molar-refractivity contribution in [3.63, 3.8) is 0 Å². The molecule has 1 heterocycles. The first-order chi connectivity index (χ1) is 11.6. The summed E-state index contributed by atoms with van der Waals surface area (Å²) in [7, 11) is 0. The van der Waals surface area contributed by atoms with Crippen molar-refractivity contribution in [3.05, 3.63) is 58.7 Å². The van der Waals surface area contributed by atoms with Crippen LogP contribution >= 0.6 is 0 Å². The van der Waals surface area contributed by atoms with Gasteiger partial charge in [-0.05, 0) is 46.0 Å². The van der Waals surface area contributed by atoms with Gasteiger partial charge in [-0.2, -0.15) is 10.5 Å². The first kappa shape index (κ1) is 15.4. The van der Waals surface area contributed by atoms with Crippen LogP contribution in [0.2, 0.25) is 0 Å². The smallest absolute Gasteiger partial charge is 0.404 e. The van der Waals surface area contributed by atoms with Crippen molar-refractivity contribution in [1.29, 1.82) is 10.5 Å². The average molecular weight is 318 g/mol. The number of nitrogens with zero attached hydrogens (tertiary/aromatic N) is 3. The van der Waals surface area contributed by atoms with Gasteiger partial charge in [-0.15, -0.1) is 0 Å². The number of nitrogens with one attached hydrogen (secondary N) is 1. The van der Waals surface area contributed by atoms with Crippen LogP contribution < -0.4 is 5.32 Å². The summed E-state index contributed by atoms with van der Waals surface area (Å²) in [5.41, 5.74) is 5.44. The van der Waals surface area contributed by atoms with Gasteiger partial charge in [0.25, 0.3) is 0 Å². The zero-order valence-corrected chi connectivity index (χ0v) is 12.8. The molecule has 24 heavy (non-hydrogen) atoms. The Bertz CT molecular complexity index is 876. The van der Waals surface area contributed by atoms with Crippen LogP contribution in [0, 0.1) is 22.8 Å². The fourth-order valence-electron chi connectivity index (χ4n) is 2.91. The number of nitriles is 2. The minimum atomic E-state index is -1.07. The monoisotopic (exact) mass is 318 g/mol. The highest BCUT2D eigenvalue weighted by atomic mass is 16.4. The Morgan fingerprint density at radius 3 is 2.58 bits per heavy atom. The van der Waals surface area contributed by atoms with Gasteiger partial charge >= 0.3 is 6.09 Å². The highest BCUT2D eigenvalue weighted by molar-refractivity contribution is 5.71. The van der Waals surface area contributed by atoms with Crippen LogP contribution in [0.25, 0.3) is 11.1 Å². The molecule has 3 rings (SSSR count). The lowest BCUT2D eigenvalue weighted by atomic mass is 9.94. The second-order valence-corrected chi connectivity index (χ2v) is 5.58. The van der Waals surface area contributed by atoms with E-state index in [0.29, 0.717) is 18.7 Å². The van der Waals surface area contributed by atoms with E-state index < -0.39 is 6.09 Å². The van der Waals surface area contributed by atoms with Gasteiger partial charge in [-0.1, -0.05) is 18.2 Å². The van der Waals surface area contributed by atoms with Crippen LogP contribution in [0.4, 0.5) is 4.79 Å². The Balaban J connectivity index is 2.04. The molecule has 0 bridgehead atoms. The maximum atomic E-state index is 10.7. The van der Waals surface area contributed by atoms with Crippen LogP contribution in [-0.2, 0) is 19.6 Å². The van der Waals surface area contributed by atoms with Crippen molar-refractivity contribution in [1.82, 2.24) is 10.2 Å². The summed E-state index contributed by atoms with van der Waals surface area (Å²) < 4.78 is 0. The molecule has 2 aromatic rings. The van der Waals surface area contributed by atoms with Gasteiger partial charge in [-0.25, -0.2) is 4.79 Å². The number of rotatable bonds is 3. The average Bonchev–Trinajstić information content (AvgIpc) is 3.02. The fraction of sp³-hybridized carbons (Fsp3) is 0.167. The summed E-state index contributed by atoms with van der Waals surface area (Å²) in [6.07, 6.45) is 1.08. The van der Waals surface area contributed by atoms with E-state index >= 15 is 0 Å². The summed E-state index contributed by atoms with van der Waals surface area (Å²) in [6.45, 7) is 1.27. The lowest BCUT2D eigenvalue weighted by Crippen LogP contribution is -2.20. The van der Waals surface area contributed by atoms with E-state index in [0.717, 1.165) is 27.8 Å². The molecule has 0 aliphatic carbocycles. The quantitative estimate of drug-likeness (QED) is 0.848. The lowest BCUT2D eigenvalue weighted by Gasteiger charge is -2.12. The predicted molar refractivity (Wildman–Crippen MR) is 86.3 cm³/mol. The van der Waals surface area contributed by atoms with E-state index in [-0.39, 0.29) is 6.54 Å². The predicted octanol–water partition coefficient (Wildman–Crippen LogP) is 2.79. The molecule has 2 N–H and O–H groups in total. The summed E-state index contributed by atoms with van der Waals surface area (Å²) in [5, 5.41) is 29.3. The van der Waals surface area contributed by atoms with Crippen LogP contribution in [0.5, 0.6) is 0 Å². The molecule has 6 nitrogen and oxygen atoms in total. The third-order valence-electron chi connectivity index (χ3n) is 4.02. The topological polar surface area (TPSA) is 100 Å². The first-order valence-corrected chi connectivity index (χ1v) is 7.37. The largest absolute Gasteiger partial charge is 0.465 e. The molecule has 6 heteroatoms. The first-order valence-electron chi connectivity index (χ1n) is 7.37. The maximum absolute atomic E-state index is 10.7. The minimum absolute atomic E-state index is 0.207. The number of benzene rings is 2. The molecule has 0 atom stereocenters. The highest BCUT2D eigenvalue weighted by Gasteiger charge is 2.22. The molecule has 0 unspecified atom stereocenters. The molecule has 0 fully saturated rings. The van der Waals surface area contributed by atoms with Gasteiger partial charge in [0.2, 0.25) is 0 Å². The van der Waals surface area contributed by atoms with Crippen molar-refractivity contribution in [3.8, 4) is 23.4 Å². The van der Waals surface area contributed by atoms with Crippen molar-refractivity contribution < 1.29 is 9.90 Å². The minimum Gasteiger partial charge on any atom is -0.465 e. The van der Waals surface area contributed by atoms with E-state index in [1.807, 2.05) is 24.3 Å². The SMILES string of the molecule is N#Cc1ccc(-c2cc(CNC(=O)O)cc3c2CN(C#N)C3)cc1. The van der Waals surface area contributed by atoms with E-state index in [4.69, 9.17) is 15.6 Å². The van der Waals surface area contributed by atoms with Gasteiger partial charge in [-0.3, -0.25) is 0 Å². The zero-order chi connectivity index (χ0) is 17.1. The van der Waals surface area contributed by atoms with Gasteiger partial charge in [0, 0.05) is 6.54 Å². The molecule has 118 valence electrons. The van der Waals surface area contributed by atoms with Gasteiger partial charge in [0.1, 0.15) is 0 Å². The van der Waals surface area contributed by atoms with E-state index in [1.165, 1.54) is 0 Å². The fourth-order valence-corrected chi connectivity index (χ4v) is 2.91. The molecular formula is C18H14N4O2. The Labute approximate surface area is 139 Å². The second-order valence-electron chi connectivity index (χ2n) is 5.58. The molecule has 0 radical (unpaired) electrons. The Hall–Kier alpha value is -3.51. The Kier molecular flexibility index (Phi) is 4.05. The van der Waals surface area contributed by atoms with Crippen molar-refractivity contribution in [2.75, 3.05) is 0 Å². The van der Waals surface area contributed by atoms with Crippen molar-refractivity contribution in [2.24, 2.45) is 0 Å². The molecule has 0 aromatic heterocycles. The number of fused-ring (bicyclic) bond motifs is 1. The molecule has 1 aliphatic rings. The Morgan fingerprint density at radius 2 is 1.96 bits per heavy atom. The maximum Gasteiger partial charge on any atom is 0.404 e. The zero-order valence-electron chi connectivity index (χ0n) is 12.8. The van der Waals surface area contributed by atoms with E-state index in [9.17, 15) is 4.79 Å².